The van der Waals surface area contributed by atoms with E-state index < -0.39 is 0 Å². The van der Waals surface area contributed by atoms with Crippen molar-refractivity contribution in [3.63, 3.8) is 0 Å². The fourth-order valence-electron chi connectivity index (χ4n) is 1.70. The van der Waals surface area contributed by atoms with Crippen molar-refractivity contribution in [2.24, 2.45) is 11.7 Å². The van der Waals surface area contributed by atoms with Crippen LogP contribution in [0.15, 0.2) is 12.4 Å². The molecule has 2 atom stereocenters. The predicted molar refractivity (Wildman–Crippen MR) is 72.1 cm³/mol. The zero-order valence-electron chi connectivity index (χ0n) is 11.3. The fourth-order valence-corrected chi connectivity index (χ4v) is 1.70. The molecule has 4 nitrogen and oxygen atoms in total. The normalized spacial score (nSPS) is 14.4. The molecule has 0 aliphatic carbocycles. The molecule has 17 heavy (non-hydrogen) atoms. The molecule has 0 saturated carbocycles. The summed E-state index contributed by atoms with van der Waals surface area (Å²) in [6.45, 7) is 7.41. The smallest absolute Gasteiger partial charge is 0.224 e. The highest BCUT2D eigenvalue weighted by molar-refractivity contribution is 5.28. The van der Waals surface area contributed by atoms with Crippen molar-refractivity contribution in [1.29, 1.82) is 0 Å². The van der Waals surface area contributed by atoms with Crippen LogP contribution in [0.2, 0.25) is 0 Å². The maximum absolute atomic E-state index is 5.74. The minimum atomic E-state index is 0.155. The average Bonchev–Trinajstić information content (AvgIpc) is 2.28. The summed E-state index contributed by atoms with van der Waals surface area (Å²) >= 11 is 0. The van der Waals surface area contributed by atoms with Crippen molar-refractivity contribution in [1.82, 2.24) is 9.97 Å². The SMILES string of the molecule is CCC(C)CN(C)c1ncc(CC(C)N)cn1. The second-order valence-corrected chi connectivity index (χ2v) is 4.97. The van der Waals surface area contributed by atoms with Crippen LogP contribution in [0.4, 0.5) is 5.95 Å². The fraction of sp³-hybridized carbons (Fsp3) is 0.692. The molecule has 96 valence electrons. The lowest BCUT2D eigenvalue weighted by atomic mass is 10.1. The maximum atomic E-state index is 5.74. The Balaban J connectivity index is 2.60. The molecule has 4 heteroatoms. The third kappa shape index (κ3) is 4.69. The highest BCUT2D eigenvalue weighted by atomic mass is 15.2. The van der Waals surface area contributed by atoms with E-state index in [2.05, 4.69) is 28.7 Å². The Morgan fingerprint density at radius 3 is 2.35 bits per heavy atom. The van der Waals surface area contributed by atoms with Gasteiger partial charge in [0.25, 0.3) is 0 Å². The lowest BCUT2D eigenvalue weighted by Crippen LogP contribution is -2.25. The van der Waals surface area contributed by atoms with Gasteiger partial charge in [0, 0.05) is 32.0 Å². The molecule has 2 unspecified atom stereocenters. The van der Waals surface area contributed by atoms with Gasteiger partial charge in [0.05, 0.1) is 0 Å². The van der Waals surface area contributed by atoms with Gasteiger partial charge in [-0.25, -0.2) is 9.97 Å². The Bertz CT molecular complexity index is 321. The van der Waals surface area contributed by atoms with Gasteiger partial charge in [-0.2, -0.15) is 0 Å². The molecule has 1 aromatic rings. The lowest BCUT2D eigenvalue weighted by Gasteiger charge is -2.20. The Morgan fingerprint density at radius 1 is 1.29 bits per heavy atom. The van der Waals surface area contributed by atoms with Crippen LogP contribution in [0, 0.1) is 5.92 Å². The molecule has 0 aliphatic heterocycles. The molecule has 1 aromatic heterocycles. The van der Waals surface area contributed by atoms with Crippen LogP contribution >= 0.6 is 0 Å². The molecule has 0 aromatic carbocycles. The van der Waals surface area contributed by atoms with E-state index in [9.17, 15) is 0 Å². The van der Waals surface area contributed by atoms with E-state index in [-0.39, 0.29) is 6.04 Å². The van der Waals surface area contributed by atoms with Gasteiger partial charge in [-0.1, -0.05) is 20.3 Å². The third-order valence-electron chi connectivity index (χ3n) is 2.87. The summed E-state index contributed by atoms with van der Waals surface area (Å²) in [5.41, 5.74) is 6.84. The minimum Gasteiger partial charge on any atom is -0.344 e. The highest BCUT2D eigenvalue weighted by Crippen LogP contribution is 2.10. The number of rotatable bonds is 6. The molecule has 1 heterocycles. The summed E-state index contributed by atoms with van der Waals surface area (Å²) in [6.07, 6.45) is 5.75. The van der Waals surface area contributed by atoms with E-state index >= 15 is 0 Å². The van der Waals surface area contributed by atoms with Crippen molar-refractivity contribution in [2.45, 2.75) is 39.7 Å². The first kappa shape index (κ1) is 13.9. The van der Waals surface area contributed by atoms with Gasteiger partial charge >= 0.3 is 0 Å². The van der Waals surface area contributed by atoms with Gasteiger partial charge in [-0.05, 0) is 24.8 Å². The average molecular weight is 236 g/mol. The molecule has 0 amide bonds. The molecule has 1 rings (SSSR count). The molecular weight excluding hydrogens is 212 g/mol. The minimum absolute atomic E-state index is 0.155. The number of aromatic nitrogens is 2. The van der Waals surface area contributed by atoms with Gasteiger partial charge in [-0.3, -0.25) is 0 Å². The van der Waals surface area contributed by atoms with Crippen LogP contribution in [-0.4, -0.2) is 29.6 Å². The number of hydrogen-bond acceptors (Lipinski definition) is 4. The van der Waals surface area contributed by atoms with Gasteiger partial charge in [0.1, 0.15) is 0 Å². The Hall–Kier alpha value is -1.16. The van der Waals surface area contributed by atoms with Crippen molar-refractivity contribution < 1.29 is 0 Å². The largest absolute Gasteiger partial charge is 0.344 e. The first-order valence-electron chi connectivity index (χ1n) is 6.30. The first-order valence-corrected chi connectivity index (χ1v) is 6.30. The maximum Gasteiger partial charge on any atom is 0.224 e. The first-order chi connectivity index (χ1) is 8.02. The zero-order chi connectivity index (χ0) is 12.8. The zero-order valence-corrected chi connectivity index (χ0v) is 11.3. The van der Waals surface area contributed by atoms with Crippen molar-refractivity contribution in [3.05, 3.63) is 18.0 Å². The van der Waals surface area contributed by atoms with Gasteiger partial charge in [-0.15, -0.1) is 0 Å². The molecule has 0 bridgehead atoms. The van der Waals surface area contributed by atoms with Gasteiger partial charge in [0.15, 0.2) is 0 Å². The number of hydrogen-bond donors (Lipinski definition) is 1. The van der Waals surface area contributed by atoms with Crippen LogP contribution in [0.1, 0.15) is 32.8 Å². The topological polar surface area (TPSA) is 55.0 Å². The molecule has 0 fully saturated rings. The summed E-state index contributed by atoms with van der Waals surface area (Å²) in [6, 6.07) is 0.155. The van der Waals surface area contributed by atoms with Crippen LogP contribution < -0.4 is 10.6 Å². The molecule has 0 radical (unpaired) electrons. The van der Waals surface area contributed by atoms with Crippen molar-refractivity contribution in [3.8, 4) is 0 Å². The second kappa shape index (κ2) is 6.55. The molecule has 0 aliphatic rings. The standard InChI is InChI=1S/C13H24N4/c1-5-10(2)9-17(4)13-15-7-12(8-16-13)6-11(3)14/h7-8,10-11H,5-6,9,14H2,1-4H3. The lowest BCUT2D eigenvalue weighted by molar-refractivity contribution is 0.555. The molecule has 2 N–H and O–H groups in total. The number of nitrogens with zero attached hydrogens (tertiary/aromatic N) is 3. The Morgan fingerprint density at radius 2 is 1.88 bits per heavy atom. The molecule has 0 saturated heterocycles. The molecular formula is C13H24N4. The Kier molecular flexibility index (Phi) is 5.35. The monoisotopic (exact) mass is 236 g/mol. The van der Waals surface area contributed by atoms with Crippen molar-refractivity contribution >= 4 is 5.95 Å². The number of anilines is 1. The van der Waals surface area contributed by atoms with Gasteiger partial charge < -0.3 is 10.6 Å². The van der Waals surface area contributed by atoms with E-state index in [1.165, 1.54) is 6.42 Å². The van der Waals surface area contributed by atoms with E-state index in [1.807, 2.05) is 26.4 Å². The van der Waals surface area contributed by atoms with Crippen LogP contribution in [0.5, 0.6) is 0 Å². The van der Waals surface area contributed by atoms with Crippen molar-refractivity contribution in [2.75, 3.05) is 18.5 Å². The van der Waals surface area contributed by atoms with E-state index in [1.54, 1.807) is 0 Å². The summed E-state index contributed by atoms with van der Waals surface area (Å²) in [7, 11) is 2.03. The van der Waals surface area contributed by atoms with Crippen LogP contribution in [0.3, 0.4) is 0 Å². The highest BCUT2D eigenvalue weighted by Gasteiger charge is 2.08. The summed E-state index contributed by atoms with van der Waals surface area (Å²) in [5.74, 6) is 1.45. The summed E-state index contributed by atoms with van der Waals surface area (Å²) in [4.78, 5) is 10.9. The Labute approximate surface area is 104 Å². The van der Waals surface area contributed by atoms with Crippen LogP contribution in [-0.2, 0) is 6.42 Å². The third-order valence-corrected chi connectivity index (χ3v) is 2.87. The predicted octanol–water partition coefficient (Wildman–Crippen LogP) is 1.85. The van der Waals surface area contributed by atoms with E-state index in [0.717, 1.165) is 24.5 Å². The molecule has 0 spiro atoms. The van der Waals surface area contributed by atoms with E-state index in [4.69, 9.17) is 5.73 Å². The van der Waals surface area contributed by atoms with Gasteiger partial charge in [0.2, 0.25) is 5.95 Å². The summed E-state index contributed by atoms with van der Waals surface area (Å²) < 4.78 is 0. The number of nitrogens with two attached hydrogens (primary N) is 1. The second-order valence-electron chi connectivity index (χ2n) is 4.97. The quantitative estimate of drug-likeness (QED) is 0.819. The summed E-state index contributed by atoms with van der Waals surface area (Å²) in [5, 5.41) is 0. The van der Waals surface area contributed by atoms with Crippen LogP contribution in [0.25, 0.3) is 0 Å². The van der Waals surface area contributed by atoms with E-state index in [0.29, 0.717) is 5.92 Å².